The molecule has 0 aliphatic carbocycles. The van der Waals surface area contributed by atoms with Crippen LogP contribution in [-0.2, 0) is 0 Å². The quantitative estimate of drug-likeness (QED) is 0.664. The second-order valence-corrected chi connectivity index (χ2v) is 6.47. The molecule has 0 bridgehead atoms. The first-order valence-corrected chi connectivity index (χ1v) is 8.37. The molecule has 0 fully saturated rings. The maximum Gasteiger partial charge on any atom is 0.168 e. The summed E-state index contributed by atoms with van der Waals surface area (Å²) in [5, 5.41) is 18.5. The third kappa shape index (κ3) is 3.11. The molecule has 0 spiro atoms. The number of anilines is 1. The van der Waals surface area contributed by atoms with Gasteiger partial charge in [0.05, 0.1) is 13.2 Å². The molecule has 0 radical (unpaired) electrons. The monoisotopic (exact) mass is 348 g/mol. The lowest BCUT2D eigenvalue weighted by Gasteiger charge is -2.21. The molecule has 2 aromatic heterocycles. The maximum absolute atomic E-state index is 9.25. The average molecular weight is 348 g/mol. The van der Waals surface area contributed by atoms with Crippen LogP contribution in [0.4, 0.5) is 5.82 Å². The molecule has 1 aromatic carbocycles. The summed E-state index contributed by atoms with van der Waals surface area (Å²) in [7, 11) is 0. The fraction of sp³-hybridized carbons (Fsp3) is 0.267. The Labute approximate surface area is 142 Å². The van der Waals surface area contributed by atoms with Gasteiger partial charge in [-0.1, -0.05) is 29.5 Å². The summed E-state index contributed by atoms with van der Waals surface area (Å²) in [5.74, 6) is 0.684. The van der Waals surface area contributed by atoms with E-state index in [4.69, 9.17) is 12.2 Å². The number of thiazole rings is 1. The smallest absolute Gasteiger partial charge is 0.168 e. The Morgan fingerprint density at radius 3 is 2.43 bits per heavy atom. The van der Waals surface area contributed by atoms with Gasteiger partial charge in [0.1, 0.15) is 11.0 Å². The second kappa shape index (κ2) is 7.14. The summed E-state index contributed by atoms with van der Waals surface area (Å²) < 4.78 is 3.44. The number of aliphatic hydroxyl groups excluding tert-OH is 2. The van der Waals surface area contributed by atoms with Crippen molar-refractivity contribution < 1.29 is 10.2 Å². The summed E-state index contributed by atoms with van der Waals surface area (Å²) in [5.41, 5.74) is 1.68. The Bertz CT molecular complexity index is 842. The molecule has 3 rings (SSSR count). The van der Waals surface area contributed by atoms with E-state index in [1.54, 1.807) is 0 Å². The first-order chi connectivity index (χ1) is 11.3. The van der Waals surface area contributed by atoms with Crippen molar-refractivity contribution in [3.8, 4) is 5.69 Å². The lowest BCUT2D eigenvalue weighted by atomic mass is 10.3. The first kappa shape index (κ1) is 16.0. The average Bonchev–Trinajstić information content (AvgIpc) is 2.91. The molecule has 0 atom stereocenters. The van der Waals surface area contributed by atoms with Crippen molar-refractivity contribution in [1.82, 2.24) is 14.5 Å². The van der Waals surface area contributed by atoms with E-state index >= 15 is 0 Å². The standard InChI is InChI=1S/C15H16N4O2S2/c20-8-6-18(7-9-21)13-12-14(17-10-16-13)19(15(22)23-12)11-4-2-1-3-5-11/h1-5,10,20-21H,6-9H2. The molecule has 2 N–H and O–H groups in total. The maximum atomic E-state index is 9.25. The Hall–Kier alpha value is -1.87. The molecular weight excluding hydrogens is 332 g/mol. The fourth-order valence-electron chi connectivity index (χ4n) is 2.42. The summed E-state index contributed by atoms with van der Waals surface area (Å²) in [4.78, 5) is 10.6. The highest BCUT2D eigenvalue weighted by Crippen LogP contribution is 2.31. The minimum atomic E-state index is -0.0176. The van der Waals surface area contributed by atoms with Crippen molar-refractivity contribution >= 4 is 39.7 Å². The van der Waals surface area contributed by atoms with E-state index in [9.17, 15) is 10.2 Å². The molecule has 120 valence electrons. The summed E-state index contributed by atoms with van der Waals surface area (Å²) in [6.07, 6.45) is 1.49. The van der Waals surface area contributed by atoms with Gasteiger partial charge in [-0.3, -0.25) is 4.57 Å². The van der Waals surface area contributed by atoms with Crippen molar-refractivity contribution in [2.75, 3.05) is 31.2 Å². The summed E-state index contributed by atoms with van der Waals surface area (Å²) in [6, 6.07) is 9.80. The third-order valence-electron chi connectivity index (χ3n) is 3.40. The fourth-order valence-corrected chi connectivity index (χ4v) is 3.83. The van der Waals surface area contributed by atoms with E-state index < -0.39 is 0 Å². The van der Waals surface area contributed by atoms with Crippen LogP contribution in [0.15, 0.2) is 36.7 Å². The van der Waals surface area contributed by atoms with E-state index in [-0.39, 0.29) is 13.2 Å². The lowest BCUT2D eigenvalue weighted by molar-refractivity contribution is 0.281. The van der Waals surface area contributed by atoms with E-state index in [2.05, 4.69) is 9.97 Å². The highest BCUT2D eigenvalue weighted by atomic mass is 32.1. The van der Waals surface area contributed by atoms with Crippen LogP contribution in [0.2, 0.25) is 0 Å². The summed E-state index contributed by atoms with van der Waals surface area (Å²) >= 11 is 6.93. The van der Waals surface area contributed by atoms with Crippen LogP contribution in [0, 0.1) is 3.95 Å². The van der Waals surface area contributed by atoms with Crippen LogP contribution < -0.4 is 4.90 Å². The normalized spacial score (nSPS) is 11.0. The van der Waals surface area contributed by atoms with E-state index in [1.807, 2.05) is 39.8 Å². The van der Waals surface area contributed by atoms with Crippen molar-refractivity contribution in [2.45, 2.75) is 0 Å². The largest absolute Gasteiger partial charge is 0.395 e. The number of hydrogen-bond acceptors (Lipinski definition) is 7. The Morgan fingerprint density at radius 1 is 1.09 bits per heavy atom. The Balaban J connectivity index is 2.18. The lowest BCUT2D eigenvalue weighted by Crippen LogP contribution is -2.30. The molecule has 0 aliphatic heterocycles. The van der Waals surface area contributed by atoms with Gasteiger partial charge in [-0.05, 0) is 24.4 Å². The summed E-state index contributed by atoms with van der Waals surface area (Å²) in [6.45, 7) is 0.748. The van der Waals surface area contributed by atoms with Crippen LogP contribution in [0.25, 0.3) is 16.0 Å². The predicted octanol–water partition coefficient (Wildman–Crippen LogP) is 2.00. The van der Waals surface area contributed by atoms with Crippen molar-refractivity contribution in [3.05, 3.63) is 40.6 Å². The zero-order valence-corrected chi connectivity index (χ0v) is 13.9. The number of benzene rings is 1. The molecule has 2 heterocycles. The second-order valence-electron chi connectivity index (χ2n) is 4.82. The number of nitrogens with zero attached hydrogens (tertiary/aromatic N) is 4. The molecule has 23 heavy (non-hydrogen) atoms. The van der Waals surface area contributed by atoms with E-state index in [0.29, 0.717) is 22.9 Å². The Morgan fingerprint density at radius 2 is 1.78 bits per heavy atom. The molecule has 0 aliphatic rings. The van der Waals surface area contributed by atoms with Gasteiger partial charge in [0, 0.05) is 18.8 Å². The molecular formula is C15H16N4O2S2. The number of aromatic nitrogens is 3. The van der Waals surface area contributed by atoms with Crippen LogP contribution in [-0.4, -0.2) is 51.1 Å². The van der Waals surface area contributed by atoms with E-state index in [0.717, 1.165) is 16.0 Å². The highest BCUT2D eigenvalue weighted by molar-refractivity contribution is 7.73. The molecule has 8 heteroatoms. The van der Waals surface area contributed by atoms with Gasteiger partial charge in [-0.2, -0.15) is 0 Å². The number of aliphatic hydroxyl groups is 2. The number of rotatable bonds is 6. The van der Waals surface area contributed by atoms with Crippen LogP contribution in [0.1, 0.15) is 0 Å². The van der Waals surface area contributed by atoms with Gasteiger partial charge >= 0.3 is 0 Å². The van der Waals surface area contributed by atoms with Gasteiger partial charge in [0.25, 0.3) is 0 Å². The first-order valence-electron chi connectivity index (χ1n) is 7.15. The van der Waals surface area contributed by atoms with Crippen LogP contribution in [0.3, 0.4) is 0 Å². The van der Waals surface area contributed by atoms with Gasteiger partial charge in [-0.25, -0.2) is 9.97 Å². The molecule has 6 nitrogen and oxygen atoms in total. The third-order valence-corrected chi connectivity index (χ3v) is 4.76. The Kier molecular flexibility index (Phi) is 4.97. The minimum Gasteiger partial charge on any atom is -0.395 e. The predicted molar refractivity (Wildman–Crippen MR) is 94.0 cm³/mol. The minimum absolute atomic E-state index is 0.0176. The molecule has 0 saturated carbocycles. The molecule has 3 aromatic rings. The number of hydrogen-bond donors (Lipinski definition) is 2. The number of fused-ring (bicyclic) bond motifs is 1. The zero-order valence-electron chi connectivity index (χ0n) is 12.3. The van der Waals surface area contributed by atoms with Crippen molar-refractivity contribution in [3.63, 3.8) is 0 Å². The van der Waals surface area contributed by atoms with Gasteiger partial charge in [-0.15, -0.1) is 0 Å². The SMILES string of the molecule is OCCN(CCO)c1ncnc2c1sc(=S)n2-c1ccccc1. The molecule has 0 saturated heterocycles. The van der Waals surface area contributed by atoms with Gasteiger partial charge in [0.15, 0.2) is 15.4 Å². The molecule has 0 amide bonds. The van der Waals surface area contributed by atoms with Gasteiger partial charge < -0.3 is 15.1 Å². The van der Waals surface area contributed by atoms with Gasteiger partial charge in [0.2, 0.25) is 0 Å². The molecule has 0 unspecified atom stereocenters. The van der Waals surface area contributed by atoms with Crippen LogP contribution in [0.5, 0.6) is 0 Å². The zero-order chi connectivity index (χ0) is 16.2. The topological polar surface area (TPSA) is 74.4 Å². The number of para-hydroxylation sites is 1. The van der Waals surface area contributed by atoms with Crippen molar-refractivity contribution in [2.24, 2.45) is 0 Å². The van der Waals surface area contributed by atoms with Crippen molar-refractivity contribution in [1.29, 1.82) is 0 Å². The van der Waals surface area contributed by atoms with Crippen LogP contribution >= 0.6 is 23.6 Å². The van der Waals surface area contributed by atoms with E-state index in [1.165, 1.54) is 17.7 Å². The highest BCUT2D eigenvalue weighted by Gasteiger charge is 2.17.